The topological polar surface area (TPSA) is 94.2 Å². The van der Waals surface area contributed by atoms with Crippen molar-refractivity contribution in [2.45, 2.75) is 46.2 Å². The van der Waals surface area contributed by atoms with Crippen molar-refractivity contribution in [1.29, 1.82) is 0 Å². The number of carbonyl (C=O) groups excluding carboxylic acids is 3. The van der Waals surface area contributed by atoms with Crippen LogP contribution in [0.1, 0.15) is 44.4 Å². The molecule has 0 aromatic heterocycles. The summed E-state index contributed by atoms with van der Waals surface area (Å²) in [5.41, 5.74) is 2.97. The molecule has 2 heterocycles. The van der Waals surface area contributed by atoms with E-state index in [9.17, 15) is 14.4 Å². The Hall–Kier alpha value is -3.07. The minimum atomic E-state index is -0.585. The first-order valence-corrected chi connectivity index (χ1v) is 12.0. The molecule has 1 fully saturated rings. The van der Waals surface area contributed by atoms with Crippen LogP contribution in [0.2, 0.25) is 0 Å². The SMILES string of the molecule is CCOC(=O)C1=C(CN2CCCN(C(=O)NC(C)C)CC2)N(C)C(=O)N[C@@H]1c1cccc(C)c1. The molecule has 2 aliphatic rings. The summed E-state index contributed by atoms with van der Waals surface area (Å²) in [4.78, 5) is 44.0. The average Bonchev–Trinajstić information content (AvgIpc) is 3.02. The minimum absolute atomic E-state index is 0.0584. The van der Waals surface area contributed by atoms with Crippen LogP contribution in [0.5, 0.6) is 0 Å². The third-order valence-corrected chi connectivity index (χ3v) is 6.11. The van der Waals surface area contributed by atoms with Gasteiger partial charge in [-0.2, -0.15) is 0 Å². The standard InChI is InChI=1S/C25H37N5O4/c1-6-34-23(31)21-20(16-29-11-8-12-30(14-13-29)25(33)26-17(2)3)28(5)24(32)27-22(21)19-10-7-9-18(4)15-19/h7,9-10,15,17,22H,6,8,11-14,16H2,1-5H3,(H,26,33)(H,27,32)/t22-/m1/s1. The lowest BCUT2D eigenvalue weighted by Crippen LogP contribution is -2.49. The van der Waals surface area contributed by atoms with Crippen LogP contribution in [-0.4, -0.2) is 85.2 Å². The quantitative estimate of drug-likeness (QED) is 0.622. The Bertz CT molecular complexity index is 945. The van der Waals surface area contributed by atoms with Gasteiger partial charge in [-0.15, -0.1) is 0 Å². The van der Waals surface area contributed by atoms with E-state index in [0.717, 1.165) is 24.1 Å². The summed E-state index contributed by atoms with van der Waals surface area (Å²) in [6.07, 6.45) is 0.810. The molecule has 2 aliphatic heterocycles. The molecule has 1 atom stereocenters. The van der Waals surface area contributed by atoms with E-state index >= 15 is 0 Å². The maximum absolute atomic E-state index is 13.1. The van der Waals surface area contributed by atoms with E-state index in [4.69, 9.17) is 4.74 Å². The fourth-order valence-corrected chi connectivity index (χ4v) is 4.38. The number of hydrogen-bond acceptors (Lipinski definition) is 5. The van der Waals surface area contributed by atoms with Gasteiger partial charge in [0.25, 0.3) is 0 Å². The normalized spacial score (nSPS) is 19.7. The monoisotopic (exact) mass is 471 g/mol. The number of nitrogens with one attached hydrogen (secondary N) is 2. The molecule has 4 amide bonds. The molecule has 3 rings (SSSR count). The molecule has 2 N–H and O–H groups in total. The van der Waals surface area contributed by atoms with Crippen LogP contribution < -0.4 is 10.6 Å². The predicted molar refractivity (Wildman–Crippen MR) is 130 cm³/mol. The number of esters is 1. The van der Waals surface area contributed by atoms with Gasteiger partial charge in [0.1, 0.15) is 0 Å². The Balaban J connectivity index is 1.90. The Morgan fingerprint density at radius 3 is 2.65 bits per heavy atom. The summed E-state index contributed by atoms with van der Waals surface area (Å²) in [7, 11) is 1.68. The maximum Gasteiger partial charge on any atom is 0.338 e. The van der Waals surface area contributed by atoms with Crippen molar-refractivity contribution < 1.29 is 19.1 Å². The van der Waals surface area contributed by atoms with E-state index in [2.05, 4.69) is 15.5 Å². The van der Waals surface area contributed by atoms with Crippen molar-refractivity contribution >= 4 is 18.0 Å². The second kappa shape index (κ2) is 11.4. The smallest absolute Gasteiger partial charge is 0.338 e. The van der Waals surface area contributed by atoms with Crippen LogP contribution in [-0.2, 0) is 9.53 Å². The number of hydrogen-bond donors (Lipinski definition) is 2. The Labute approximate surface area is 202 Å². The number of likely N-dealkylation sites (N-methyl/N-ethyl adjacent to an activating group) is 1. The van der Waals surface area contributed by atoms with Crippen LogP contribution in [0.25, 0.3) is 0 Å². The van der Waals surface area contributed by atoms with Crippen molar-refractivity contribution in [3.63, 3.8) is 0 Å². The average molecular weight is 472 g/mol. The van der Waals surface area contributed by atoms with Gasteiger partial charge in [0.15, 0.2) is 0 Å². The van der Waals surface area contributed by atoms with Gasteiger partial charge in [-0.05, 0) is 39.7 Å². The first kappa shape index (κ1) is 25.6. The van der Waals surface area contributed by atoms with Crippen molar-refractivity contribution in [2.24, 2.45) is 0 Å². The van der Waals surface area contributed by atoms with Crippen LogP contribution in [0.3, 0.4) is 0 Å². The maximum atomic E-state index is 13.1. The lowest BCUT2D eigenvalue weighted by atomic mass is 9.93. The Morgan fingerprint density at radius 1 is 1.21 bits per heavy atom. The fraction of sp³-hybridized carbons (Fsp3) is 0.560. The van der Waals surface area contributed by atoms with Gasteiger partial charge in [0.05, 0.1) is 18.2 Å². The molecule has 34 heavy (non-hydrogen) atoms. The highest BCUT2D eigenvalue weighted by Gasteiger charge is 2.37. The zero-order valence-electron chi connectivity index (χ0n) is 20.9. The van der Waals surface area contributed by atoms with E-state index in [1.54, 1.807) is 14.0 Å². The van der Waals surface area contributed by atoms with E-state index in [0.29, 0.717) is 37.4 Å². The molecular weight excluding hydrogens is 434 g/mol. The summed E-state index contributed by atoms with van der Waals surface area (Å²) in [5.74, 6) is -0.427. The fourth-order valence-electron chi connectivity index (χ4n) is 4.38. The summed E-state index contributed by atoms with van der Waals surface area (Å²) in [6.45, 7) is 11.0. The third-order valence-electron chi connectivity index (χ3n) is 6.11. The van der Waals surface area contributed by atoms with Crippen LogP contribution >= 0.6 is 0 Å². The van der Waals surface area contributed by atoms with E-state index in [1.807, 2.05) is 49.9 Å². The zero-order chi connectivity index (χ0) is 24.8. The van der Waals surface area contributed by atoms with E-state index in [-0.39, 0.29) is 24.7 Å². The van der Waals surface area contributed by atoms with Crippen LogP contribution in [0.15, 0.2) is 35.5 Å². The number of urea groups is 2. The van der Waals surface area contributed by atoms with Gasteiger partial charge in [0, 0.05) is 51.5 Å². The lowest BCUT2D eigenvalue weighted by molar-refractivity contribution is -0.139. The summed E-state index contributed by atoms with van der Waals surface area (Å²) in [5, 5.41) is 5.92. The molecule has 0 aliphatic carbocycles. The highest BCUT2D eigenvalue weighted by molar-refractivity contribution is 5.95. The van der Waals surface area contributed by atoms with Gasteiger partial charge >= 0.3 is 18.0 Å². The van der Waals surface area contributed by atoms with Gasteiger partial charge in [0.2, 0.25) is 0 Å². The molecule has 9 heteroatoms. The Morgan fingerprint density at radius 2 is 1.97 bits per heavy atom. The molecule has 1 aromatic carbocycles. The first-order chi connectivity index (χ1) is 16.2. The number of rotatable bonds is 6. The number of aryl methyl sites for hydroxylation is 1. The number of amides is 4. The summed E-state index contributed by atoms with van der Waals surface area (Å²) in [6, 6.07) is 6.97. The molecular formula is C25H37N5O4. The molecule has 0 radical (unpaired) electrons. The van der Waals surface area contributed by atoms with Crippen LogP contribution in [0, 0.1) is 6.92 Å². The van der Waals surface area contributed by atoms with Gasteiger partial charge < -0.3 is 20.3 Å². The molecule has 0 spiro atoms. The van der Waals surface area contributed by atoms with Crippen molar-refractivity contribution in [1.82, 2.24) is 25.3 Å². The molecule has 0 unspecified atom stereocenters. The second-order valence-corrected chi connectivity index (χ2v) is 9.16. The molecule has 0 saturated carbocycles. The molecule has 1 saturated heterocycles. The van der Waals surface area contributed by atoms with E-state index < -0.39 is 12.0 Å². The van der Waals surface area contributed by atoms with Gasteiger partial charge in [-0.3, -0.25) is 9.80 Å². The number of ether oxygens (including phenoxy) is 1. The summed E-state index contributed by atoms with van der Waals surface area (Å²) >= 11 is 0. The zero-order valence-corrected chi connectivity index (χ0v) is 20.9. The number of benzene rings is 1. The Kier molecular flexibility index (Phi) is 8.55. The molecule has 9 nitrogen and oxygen atoms in total. The number of carbonyl (C=O) groups is 3. The number of nitrogens with zero attached hydrogens (tertiary/aromatic N) is 3. The molecule has 0 bridgehead atoms. The lowest BCUT2D eigenvalue weighted by Gasteiger charge is -2.36. The van der Waals surface area contributed by atoms with Crippen LogP contribution in [0.4, 0.5) is 9.59 Å². The van der Waals surface area contributed by atoms with Crippen molar-refractivity contribution in [3.8, 4) is 0 Å². The van der Waals surface area contributed by atoms with E-state index in [1.165, 1.54) is 4.90 Å². The van der Waals surface area contributed by atoms with Crippen molar-refractivity contribution in [2.75, 3.05) is 46.4 Å². The molecule has 186 valence electrons. The molecule has 1 aromatic rings. The first-order valence-electron chi connectivity index (χ1n) is 12.0. The van der Waals surface area contributed by atoms with Crippen molar-refractivity contribution in [3.05, 3.63) is 46.7 Å². The van der Waals surface area contributed by atoms with Gasteiger partial charge in [-0.1, -0.05) is 29.8 Å². The highest BCUT2D eigenvalue weighted by Crippen LogP contribution is 2.32. The predicted octanol–water partition coefficient (Wildman–Crippen LogP) is 2.63. The second-order valence-electron chi connectivity index (χ2n) is 9.16. The largest absolute Gasteiger partial charge is 0.463 e. The minimum Gasteiger partial charge on any atom is -0.463 e. The highest BCUT2D eigenvalue weighted by atomic mass is 16.5. The summed E-state index contributed by atoms with van der Waals surface area (Å²) < 4.78 is 5.42. The van der Waals surface area contributed by atoms with Gasteiger partial charge in [-0.25, -0.2) is 14.4 Å². The third kappa shape index (κ3) is 6.08.